The molecule has 4 rings (SSSR count). The van der Waals surface area contributed by atoms with Gasteiger partial charge in [-0.3, -0.25) is 9.80 Å². The molecular weight excluding hydrogens is 246 g/mol. The zero-order chi connectivity index (χ0) is 13.5. The average molecular weight is 277 g/mol. The molecule has 20 heavy (non-hydrogen) atoms. The molecule has 2 saturated heterocycles. The van der Waals surface area contributed by atoms with Crippen LogP contribution in [0.1, 0.15) is 45.4 Å². The first-order valence-electron chi connectivity index (χ1n) is 9.03. The third-order valence-electron chi connectivity index (χ3n) is 6.11. The summed E-state index contributed by atoms with van der Waals surface area (Å²) in [5, 5.41) is 3.92. The van der Waals surface area contributed by atoms with E-state index in [0.717, 1.165) is 30.0 Å². The standard InChI is InChI=1S/C17H31N3/c1-13-11-20-9-2-3-16(20)12-19(13)10-8-18-17(14-4-5-14)15-6-7-15/h13-18H,2-12H2,1H3. The van der Waals surface area contributed by atoms with Gasteiger partial charge in [0, 0.05) is 44.3 Å². The van der Waals surface area contributed by atoms with Gasteiger partial charge in [-0.1, -0.05) is 0 Å². The van der Waals surface area contributed by atoms with Crippen molar-refractivity contribution in [2.24, 2.45) is 11.8 Å². The maximum absolute atomic E-state index is 3.92. The van der Waals surface area contributed by atoms with Crippen LogP contribution in [0.3, 0.4) is 0 Å². The Morgan fingerprint density at radius 2 is 1.80 bits per heavy atom. The van der Waals surface area contributed by atoms with Gasteiger partial charge in [0.15, 0.2) is 0 Å². The molecule has 2 saturated carbocycles. The second kappa shape index (κ2) is 5.58. The van der Waals surface area contributed by atoms with Crippen molar-refractivity contribution in [3.05, 3.63) is 0 Å². The Labute approximate surface area is 124 Å². The lowest BCUT2D eigenvalue weighted by Crippen LogP contribution is -2.56. The molecule has 114 valence electrons. The Morgan fingerprint density at radius 3 is 2.50 bits per heavy atom. The number of hydrogen-bond donors (Lipinski definition) is 1. The normalized spacial score (nSPS) is 35.7. The van der Waals surface area contributed by atoms with E-state index in [4.69, 9.17) is 0 Å². The molecule has 1 N–H and O–H groups in total. The second-order valence-electron chi connectivity index (χ2n) is 7.79. The molecule has 0 aromatic heterocycles. The molecule has 0 aromatic rings. The Balaban J connectivity index is 1.24. The fraction of sp³-hybridized carbons (Fsp3) is 1.00. The quantitative estimate of drug-likeness (QED) is 0.800. The van der Waals surface area contributed by atoms with Gasteiger partial charge < -0.3 is 5.32 Å². The van der Waals surface area contributed by atoms with Crippen molar-refractivity contribution >= 4 is 0 Å². The van der Waals surface area contributed by atoms with E-state index in [-0.39, 0.29) is 0 Å². The Kier molecular flexibility index (Phi) is 3.78. The van der Waals surface area contributed by atoms with E-state index in [1.807, 2.05) is 0 Å². The monoisotopic (exact) mass is 277 g/mol. The lowest BCUT2D eigenvalue weighted by molar-refractivity contribution is 0.0595. The molecule has 0 aromatic carbocycles. The van der Waals surface area contributed by atoms with E-state index >= 15 is 0 Å². The first-order chi connectivity index (χ1) is 9.81. The Hall–Kier alpha value is -0.120. The number of nitrogens with zero attached hydrogens (tertiary/aromatic N) is 2. The number of fused-ring (bicyclic) bond motifs is 1. The number of rotatable bonds is 6. The van der Waals surface area contributed by atoms with Crippen molar-refractivity contribution < 1.29 is 0 Å². The molecule has 2 unspecified atom stereocenters. The summed E-state index contributed by atoms with van der Waals surface area (Å²) in [5.41, 5.74) is 0. The topological polar surface area (TPSA) is 18.5 Å². The van der Waals surface area contributed by atoms with Gasteiger partial charge in [0.05, 0.1) is 0 Å². The smallest absolute Gasteiger partial charge is 0.0224 e. The molecule has 0 spiro atoms. The van der Waals surface area contributed by atoms with E-state index in [1.165, 1.54) is 71.2 Å². The molecule has 2 atom stereocenters. The van der Waals surface area contributed by atoms with Gasteiger partial charge in [-0.25, -0.2) is 0 Å². The van der Waals surface area contributed by atoms with Crippen LogP contribution in [-0.4, -0.2) is 60.6 Å². The molecule has 3 nitrogen and oxygen atoms in total. The maximum Gasteiger partial charge on any atom is 0.0224 e. The fourth-order valence-electron chi connectivity index (χ4n) is 4.56. The lowest BCUT2D eigenvalue weighted by Gasteiger charge is -2.42. The van der Waals surface area contributed by atoms with Crippen molar-refractivity contribution in [2.75, 3.05) is 32.7 Å². The Bertz CT molecular complexity index is 325. The summed E-state index contributed by atoms with van der Waals surface area (Å²) >= 11 is 0. The van der Waals surface area contributed by atoms with Crippen LogP contribution in [0.2, 0.25) is 0 Å². The van der Waals surface area contributed by atoms with E-state index in [9.17, 15) is 0 Å². The minimum absolute atomic E-state index is 0.756. The van der Waals surface area contributed by atoms with E-state index < -0.39 is 0 Å². The van der Waals surface area contributed by atoms with Crippen LogP contribution in [0, 0.1) is 11.8 Å². The van der Waals surface area contributed by atoms with Crippen molar-refractivity contribution in [3.63, 3.8) is 0 Å². The summed E-state index contributed by atoms with van der Waals surface area (Å²) in [6, 6.07) is 2.50. The van der Waals surface area contributed by atoms with Crippen LogP contribution in [0.15, 0.2) is 0 Å². The number of hydrogen-bond acceptors (Lipinski definition) is 3. The van der Waals surface area contributed by atoms with E-state index in [0.29, 0.717) is 0 Å². The van der Waals surface area contributed by atoms with Crippen molar-refractivity contribution in [3.8, 4) is 0 Å². The molecule has 3 heteroatoms. The van der Waals surface area contributed by atoms with Crippen LogP contribution >= 0.6 is 0 Å². The van der Waals surface area contributed by atoms with Crippen molar-refractivity contribution in [1.29, 1.82) is 0 Å². The summed E-state index contributed by atoms with van der Waals surface area (Å²) in [4.78, 5) is 5.47. The summed E-state index contributed by atoms with van der Waals surface area (Å²) in [7, 11) is 0. The summed E-state index contributed by atoms with van der Waals surface area (Å²) in [6.45, 7) is 8.89. The predicted molar refractivity (Wildman–Crippen MR) is 82.9 cm³/mol. The first-order valence-corrected chi connectivity index (χ1v) is 9.03. The maximum atomic E-state index is 3.92. The van der Waals surface area contributed by atoms with Crippen LogP contribution in [0.5, 0.6) is 0 Å². The minimum Gasteiger partial charge on any atom is -0.312 e. The zero-order valence-corrected chi connectivity index (χ0v) is 13.1. The van der Waals surface area contributed by atoms with E-state index in [1.54, 1.807) is 0 Å². The number of piperazine rings is 1. The summed E-state index contributed by atoms with van der Waals surface area (Å²) < 4.78 is 0. The van der Waals surface area contributed by atoms with E-state index in [2.05, 4.69) is 22.0 Å². The molecule has 0 radical (unpaired) electrons. The molecule has 2 aliphatic heterocycles. The summed E-state index contributed by atoms with van der Waals surface area (Å²) in [5.74, 6) is 2.07. The largest absolute Gasteiger partial charge is 0.312 e. The molecule has 2 heterocycles. The van der Waals surface area contributed by atoms with Crippen LogP contribution in [-0.2, 0) is 0 Å². The van der Waals surface area contributed by atoms with Gasteiger partial charge in [-0.2, -0.15) is 0 Å². The second-order valence-corrected chi connectivity index (χ2v) is 7.79. The van der Waals surface area contributed by atoms with Gasteiger partial charge in [0.1, 0.15) is 0 Å². The molecule has 4 fully saturated rings. The van der Waals surface area contributed by atoms with Gasteiger partial charge in [-0.05, 0) is 63.8 Å². The third-order valence-corrected chi connectivity index (χ3v) is 6.11. The third kappa shape index (κ3) is 2.90. The highest BCUT2D eigenvalue weighted by atomic mass is 15.3. The minimum atomic E-state index is 0.756. The first kappa shape index (κ1) is 13.5. The Morgan fingerprint density at radius 1 is 1.05 bits per heavy atom. The zero-order valence-electron chi connectivity index (χ0n) is 13.1. The highest BCUT2D eigenvalue weighted by Gasteiger charge is 2.41. The van der Waals surface area contributed by atoms with Crippen LogP contribution in [0.4, 0.5) is 0 Å². The summed E-state index contributed by atoms with van der Waals surface area (Å²) in [6.07, 6.45) is 8.83. The van der Waals surface area contributed by atoms with Crippen molar-refractivity contribution in [2.45, 2.75) is 63.6 Å². The molecule has 4 aliphatic rings. The molecule has 0 bridgehead atoms. The SMILES string of the molecule is CC1CN2CCCC2CN1CCNC(C1CC1)C1CC1. The molecule has 0 amide bonds. The van der Waals surface area contributed by atoms with Gasteiger partial charge >= 0.3 is 0 Å². The molecule has 2 aliphatic carbocycles. The lowest BCUT2D eigenvalue weighted by atomic mass is 10.1. The highest BCUT2D eigenvalue weighted by Crippen LogP contribution is 2.44. The van der Waals surface area contributed by atoms with Crippen LogP contribution < -0.4 is 5.32 Å². The van der Waals surface area contributed by atoms with Gasteiger partial charge in [0.25, 0.3) is 0 Å². The van der Waals surface area contributed by atoms with Gasteiger partial charge in [-0.15, -0.1) is 0 Å². The van der Waals surface area contributed by atoms with Crippen molar-refractivity contribution in [1.82, 2.24) is 15.1 Å². The number of nitrogens with one attached hydrogen (secondary N) is 1. The average Bonchev–Trinajstić information content (AvgIpc) is 3.34. The van der Waals surface area contributed by atoms with Crippen LogP contribution in [0.25, 0.3) is 0 Å². The predicted octanol–water partition coefficient (Wildman–Crippen LogP) is 1.93. The molecular formula is C17H31N3. The fourth-order valence-corrected chi connectivity index (χ4v) is 4.56. The van der Waals surface area contributed by atoms with Gasteiger partial charge in [0.2, 0.25) is 0 Å². The highest BCUT2D eigenvalue weighted by molar-refractivity contribution is 4.97.